The molecule has 1 atom stereocenters. The van der Waals surface area contributed by atoms with Crippen molar-refractivity contribution in [2.45, 2.75) is 32.0 Å². The van der Waals surface area contributed by atoms with Crippen molar-refractivity contribution >= 4 is 5.91 Å². The monoisotopic (exact) mass is 345 g/mol. The number of methoxy groups -OCH3 is 1. The van der Waals surface area contributed by atoms with Gasteiger partial charge in [-0.25, -0.2) is 0 Å². The molecule has 1 amide bonds. The van der Waals surface area contributed by atoms with Gasteiger partial charge in [0.05, 0.1) is 13.2 Å². The third kappa shape index (κ3) is 4.96. The topological polar surface area (TPSA) is 74.6 Å². The van der Waals surface area contributed by atoms with E-state index in [1.165, 1.54) is 0 Å². The number of hydrogen-bond donors (Lipinski definition) is 1. The molecule has 0 bridgehead atoms. The first-order valence-electron chi connectivity index (χ1n) is 8.40. The van der Waals surface area contributed by atoms with E-state index in [2.05, 4.69) is 10.4 Å². The van der Waals surface area contributed by atoms with Crippen molar-refractivity contribution in [2.24, 2.45) is 0 Å². The summed E-state index contributed by atoms with van der Waals surface area (Å²) in [4.78, 5) is 11.9. The van der Waals surface area contributed by atoms with Crippen LogP contribution < -0.4 is 14.8 Å². The minimum Gasteiger partial charge on any atom is -0.493 e. The quantitative estimate of drug-likeness (QED) is 0.789. The van der Waals surface area contributed by atoms with Crippen molar-refractivity contribution in [3.05, 3.63) is 42.2 Å². The second kappa shape index (κ2) is 8.53. The molecule has 0 saturated carbocycles. The zero-order valence-electron chi connectivity index (χ0n) is 14.3. The molecule has 134 valence electrons. The average Bonchev–Trinajstić information content (AvgIpc) is 3.32. The molecule has 7 heteroatoms. The Hall–Kier alpha value is -2.54. The van der Waals surface area contributed by atoms with Gasteiger partial charge in [-0.2, -0.15) is 5.10 Å². The first-order valence-corrected chi connectivity index (χ1v) is 8.40. The number of carbonyl (C=O) groups excluding carboxylic acids is 1. The Morgan fingerprint density at radius 3 is 3.08 bits per heavy atom. The highest BCUT2D eigenvalue weighted by molar-refractivity contribution is 5.75. The fraction of sp³-hybridized carbons (Fsp3) is 0.444. The van der Waals surface area contributed by atoms with E-state index in [9.17, 15) is 4.79 Å². The van der Waals surface area contributed by atoms with Crippen molar-refractivity contribution < 1.29 is 19.0 Å². The lowest BCUT2D eigenvalue weighted by Gasteiger charge is -2.15. The lowest BCUT2D eigenvalue weighted by Crippen LogP contribution is -2.27. The minimum atomic E-state index is -0.0959. The summed E-state index contributed by atoms with van der Waals surface area (Å²) in [6, 6.07) is 7.44. The van der Waals surface area contributed by atoms with Crippen molar-refractivity contribution in [3.8, 4) is 11.5 Å². The largest absolute Gasteiger partial charge is 0.493 e. The normalized spacial score (nSPS) is 16.6. The van der Waals surface area contributed by atoms with Gasteiger partial charge < -0.3 is 19.5 Å². The minimum absolute atomic E-state index is 0.0959. The maximum atomic E-state index is 11.9. The molecule has 0 radical (unpaired) electrons. The number of carbonyl (C=O) groups is 1. The molecule has 1 saturated heterocycles. The van der Waals surface area contributed by atoms with Crippen LogP contribution in [0.2, 0.25) is 0 Å². The van der Waals surface area contributed by atoms with Crippen LogP contribution in [0.15, 0.2) is 36.7 Å². The Bertz CT molecular complexity index is 682. The number of ether oxygens (including phenoxy) is 3. The molecule has 1 N–H and O–H groups in total. The van der Waals surface area contributed by atoms with E-state index in [-0.39, 0.29) is 18.6 Å². The van der Waals surface area contributed by atoms with Crippen LogP contribution in [0.4, 0.5) is 0 Å². The van der Waals surface area contributed by atoms with Gasteiger partial charge in [0.25, 0.3) is 0 Å². The summed E-state index contributed by atoms with van der Waals surface area (Å²) in [5.41, 5.74) is 0.940. The molecule has 2 aromatic rings. The van der Waals surface area contributed by atoms with Crippen LogP contribution in [0.25, 0.3) is 0 Å². The number of hydrogen-bond acceptors (Lipinski definition) is 5. The highest BCUT2D eigenvalue weighted by Crippen LogP contribution is 2.29. The van der Waals surface area contributed by atoms with Crippen LogP contribution in [0, 0.1) is 0 Å². The second-order valence-corrected chi connectivity index (χ2v) is 5.91. The molecule has 1 aliphatic heterocycles. The lowest BCUT2D eigenvalue weighted by molar-refractivity contribution is -0.122. The molecule has 1 aromatic carbocycles. The number of amides is 1. The third-order valence-electron chi connectivity index (χ3n) is 4.03. The Morgan fingerprint density at radius 2 is 2.36 bits per heavy atom. The van der Waals surface area contributed by atoms with Crippen LogP contribution in [0.5, 0.6) is 11.5 Å². The predicted molar refractivity (Wildman–Crippen MR) is 91.5 cm³/mol. The van der Waals surface area contributed by atoms with E-state index < -0.39 is 0 Å². The molecular weight excluding hydrogens is 322 g/mol. The number of benzene rings is 1. The molecule has 0 spiro atoms. The Kier molecular flexibility index (Phi) is 5.90. The van der Waals surface area contributed by atoms with E-state index >= 15 is 0 Å². The summed E-state index contributed by atoms with van der Waals surface area (Å²) < 4.78 is 18.4. The molecule has 3 rings (SSSR count). The SMILES string of the molecule is COc1cc(CNC(=O)Cn2cccn2)ccc1OC[C@@H]1CCCO1. The summed E-state index contributed by atoms with van der Waals surface area (Å²) in [6.45, 7) is 1.95. The summed E-state index contributed by atoms with van der Waals surface area (Å²) >= 11 is 0. The van der Waals surface area contributed by atoms with Crippen molar-refractivity contribution in [2.75, 3.05) is 20.3 Å². The summed E-state index contributed by atoms with van der Waals surface area (Å²) in [5, 5.41) is 6.88. The molecule has 1 fully saturated rings. The van der Waals surface area contributed by atoms with Gasteiger partial charge in [0.15, 0.2) is 11.5 Å². The van der Waals surface area contributed by atoms with Gasteiger partial charge in [0.2, 0.25) is 5.91 Å². The van der Waals surface area contributed by atoms with Crippen LogP contribution in [-0.2, 0) is 22.6 Å². The first-order chi connectivity index (χ1) is 12.2. The first kappa shape index (κ1) is 17.3. The van der Waals surface area contributed by atoms with Crippen LogP contribution in [0.3, 0.4) is 0 Å². The number of nitrogens with zero attached hydrogens (tertiary/aromatic N) is 2. The number of rotatable bonds is 8. The van der Waals surface area contributed by atoms with Gasteiger partial charge in [0.1, 0.15) is 13.2 Å². The van der Waals surface area contributed by atoms with E-state index in [1.54, 1.807) is 30.3 Å². The van der Waals surface area contributed by atoms with E-state index in [0.29, 0.717) is 24.7 Å². The van der Waals surface area contributed by atoms with Crippen LogP contribution >= 0.6 is 0 Å². The zero-order chi connectivity index (χ0) is 17.5. The van der Waals surface area contributed by atoms with Crippen molar-refractivity contribution in [1.29, 1.82) is 0 Å². The van der Waals surface area contributed by atoms with Gasteiger partial charge in [-0.15, -0.1) is 0 Å². The van der Waals surface area contributed by atoms with Gasteiger partial charge in [-0.1, -0.05) is 6.07 Å². The Balaban J connectivity index is 1.52. The van der Waals surface area contributed by atoms with Gasteiger partial charge >= 0.3 is 0 Å². The number of aromatic nitrogens is 2. The van der Waals surface area contributed by atoms with Crippen LogP contribution in [0.1, 0.15) is 18.4 Å². The van der Waals surface area contributed by atoms with Gasteiger partial charge in [-0.3, -0.25) is 9.48 Å². The number of nitrogens with one attached hydrogen (secondary N) is 1. The fourth-order valence-corrected chi connectivity index (χ4v) is 2.70. The van der Waals surface area contributed by atoms with E-state index in [1.807, 2.05) is 18.2 Å². The molecule has 0 aliphatic carbocycles. The average molecular weight is 345 g/mol. The Morgan fingerprint density at radius 1 is 1.44 bits per heavy atom. The molecule has 7 nitrogen and oxygen atoms in total. The van der Waals surface area contributed by atoms with E-state index in [4.69, 9.17) is 14.2 Å². The predicted octanol–water partition coefficient (Wildman–Crippen LogP) is 1.77. The van der Waals surface area contributed by atoms with Crippen molar-refractivity contribution in [1.82, 2.24) is 15.1 Å². The molecule has 2 heterocycles. The second-order valence-electron chi connectivity index (χ2n) is 5.91. The molecule has 0 unspecified atom stereocenters. The highest BCUT2D eigenvalue weighted by Gasteiger charge is 2.17. The maximum Gasteiger partial charge on any atom is 0.241 e. The highest BCUT2D eigenvalue weighted by atomic mass is 16.5. The maximum absolute atomic E-state index is 11.9. The van der Waals surface area contributed by atoms with Gasteiger partial charge in [-0.05, 0) is 36.6 Å². The molecule has 25 heavy (non-hydrogen) atoms. The van der Waals surface area contributed by atoms with Gasteiger partial charge in [0, 0.05) is 25.5 Å². The third-order valence-corrected chi connectivity index (χ3v) is 4.03. The smallest absolute Gasteiger partial charge is 0.241 e. The summed E-state index contributed by atoms with van der Waals surface area (Å²) in [6.07, 6.45) is 5.67. The lowest BCUT2D eigenvalue weighted by atomic mass is 10.2. The summed E-state index contributed by atoms with van der Waals surface area (Å²) in [5.74, 6) is 1.24. The van der Waals surface area contributed by atoms with Crippen molar-refractivity contribution in [3.63, 3.8) is 0 Å². The Labute approximate surface area is 146 Å². The van der Waals surface area contributed by atoms with E-state index in [0.717, 1.165) is 25.0 Å². The molecular formula is C18H23N3O4. The zero-order valence-corrected chi connectivity index (χ0v) is 14.3. The molecule has 1 aliphatic rings. The standard InChI is InChI=1S/C18H23N3O4/c1-23-17-10-14(11-19-18(22)12-21-8-3-7-20-21)5-6-16(17)25-13-15-4-2-9-24-15/h3,5-8,10,15H,2,4,9,11-13H2,1H3,(H,19,22)/t15-/m0/s1. The molecule has 1 aromatic heterocycles. The summed E-state index contributed by atoms with van der Waals surface area (Å²) in [7, 11) is 1.61. The fourth-order valence-electron chi connectivity index (χ4n) is 2.70. The van der Waals surface area contributed by atoms with Crippen LogP contribution in [-0.4, -0.2) is 42.1 Å².